The third-order valence-corrected chi connectivity index (χ3v) is 4.29. The van der Waals surface area contributed by atoms with Gasteiger partial charge in [0.15, 0.2) is 0 Å². The van der Waals surface area contributed by atoms with Crippen LogP contribution in [-0.4, -0.2) is 17.0 Å². The van der Waals surface area contributed by atoms with Gasteiger partial charge < -0.3 is 10.4 Å². The van der Waals surface area contributed by atoms with Gasteiger partial charge in [0.1, 0.15) is 0 Å². The number of carbonyl (C=O) groups excluding carboxylic acids is 1. The Morgan fingerprint density at radius 1 is 1.14 bits per heavy atom. The Morgan fingerprint density at radius 2 is 1.67 bits per heavy atom. The summed E-state index contributed by atoms with van der Waals surface area (Å²) in [6, 6.07) is 3.86. The molecule has 0 bridgehead atoms. The highest BCUT2D eigenvalue weighted by Crippen LogP contribution is 2.30. The number of hydrogen-bond donors (Lipinski definition) is 2. The Morgan fingerprint density at radius 3 is 2.19 bits per heavy atom. The smallest absolute Gasteiger partial charge is 0.307 e. The number of nitrogens with one attached hydrogen (secondary N) is 1. The van der Waals surface area contributed by atoms with E-state index < -0.39 is 17.8 Å². The van der Waals surface area contributed by atoms with Crippen LogP contribution in [0.2, 0.25) is 0 Å². The van der Waals surface area contributed by atoms with Crippen LogP contribution in [0.5, 0.6) is 0 Å². The molecule has 0 saturated heterocycles. The molecule has 2 atom stereocenters. The molecular weight excluding hydrogens is 334 g/mol. The summed E-state index contributed by atoms with van der Waals surface area (Å²) in [5, 5.41) is 12.2. The zero-order valence-electron chi connectivity index (χ0n) is 12.0. The third-order valence-electron chi connectivity index (χ3n) is 3.83. The summed E-state index contributed by atoms with van der Waals surface area (Å²) in [5.41, 5.74) is 2.67. The third kappa shape index (κ3) is 3.53. The van der Waals surface area contributed by atoms with E-state index >= 15 is 0 Å². The topological polar surface area (TPSA) is 66.4 Å². The molecule has 0 aromatic heterocycles. The first-order valence-corrected chi connectivity index (χ1v) is 7.65. The van der Waals surface area contributed by atoms with E-state index in [0.29, 0.717) is 12.8 Å². The molecule has 5 heteroatoms. The molecule has 0 aliphatic heterocycles. The fraction of sp³-hybridized carbons (Fsp3) is 0.375. The first-order valence-electron chi connectivity index (χ1n) is 6.85. The summed E-state index contributed by atoms with van der Waals surface area (Å²) < 4.78 is 0.958. The number of allylic oxidation sites excluding steroid dienone is 2. The number of benzene rings is 1. The van der Waals surface area contributed by atoms with Crippen LogP contribution in [-0.2, 0) is 9.59 Å². The molecule has 21 heavy (non-hydrogen) atoms. The molecule has 0 spiro atoms. The van der Waals surface area contributed by atoms with E-state index in [9.17, 15) is 14.7 Å². The van der Waals surface area contributed by atoms with Crippen LogP contribution < -0.4 is 5.32 Å². The largest absolute Gasteiger partial charge is 0.481 e. The van der Waals surface area contributed by atoms with Crippen molar-refractivity contribution in [2.75, 3.05) is 5.32 Å². The van der Waals surface area contributed by atoms with Crippen molar-refractivity contribution in [3.8, 4) is 0 Å². The number of aliphatic carboxylic acids is 1. The van der Waals surface area contributed by atoms with E-state index in [1.54, 1.807) is 0 Å². The van der Waals surface area contributed by atoms with Gasteiger partial charge in [0.25, 0.3) is 0 Å². The Hall–Kier alpha value is -1.62. The van der Waals surface area contributed by atoms with Crippen molar-refractivity contribution >= 4 is 33.5 Å². The molecular formula is C16H18BrNO3. The van der Waals surface area contributed by atoms with Gasteiger partial charge in [-0.15, -0.1) is 0 Å². The van der Waals surface area contributed by atoms with Crippen LogP contribution in [0.3, 0.4) is 0 Å². The first-order chi connectivity index (χ1) is 9.90. The van der Waals surface area contributed by atoms with Gasteiger partial charge in [0, 0.05) is 10.2 Å². The average Bonchev–Trinajstić information content (AvgIpc) is 2.42. The van der Waals surface area contributed by atoms with Crippen LogP contribution in [0, 0.1) is 25.7 Å². The summed E-state index contributed by atoms with van der Waals surface area (Å²) >= 11 is 3.42. The number of carbonyl (C=O) groups is 2. The van der Waals surface area contributed by atoms with Gasteiger partial charge in [0.05, 0.1) is 11.8 Å². The van der Waals surface area contributed by atoms with Crippen molar-refractivity contribution in [2.45, 2.75) is 26.7 Å². The Labute approximate surface area is 132 Å². The SMILES string of the molecule is Cc1cc(Br)cc(C)c1NC(=O)[C@@H]1CC=CC[C@@H]1C(=O)O. The average molecular weight is 352 g/mol. The van der Waals surface area contributed by atoms with E-state index in [4.69, 9.17) is 0 Å². The summed E-state index contributed by atoms with van der Waals surface area (Å²) in [5.74, 6) is -2.30. The predicted molar refractivity (Wildman–Crippen MR) is 85.2 cm³/mol. The van der Waals surface area contributed by atoms with Crippen molar-refractivity contribution in [3.05, 3.63) is 39.9 Å². The summed E-state index contributed by atoms with van der Waals surface area (Å²) in [6.45, 7) is 3.84. The van der Waals surface area contributed by atoms with Crippen molar-refractivity contribution in [3.63, 3.8) is 0 Å². The van der Waals surface area contributed by atoms with Crippen LogP contribution >= 0.6 is 15.9 Å². The van der Waals surface area contributed by atoms with E-state index in [1.807, 2.05) is 38.1 Å². The molecule has 0 fully saturated rings. The molecule has 1 aromatic carbocycles. The first kappa shape index (κ1) is 15.8. The molecule has 1 aliphatic carbocycles. The molecule has 0 heterocycles. The van der Waals surface area contributed by atoms with Gasteiger partial charge in [-0.25, -0.2) is 0 Å². The second kappa shape index (κ2) is 6.43. The van der Waals surface area contributed by atoms with E-state index in [0.717, 1.165) is 21.3 Å². The van der Waals surface area contributed by atoms with Gasteiger partial charge in [-0.2, -0.15) is 0 Å². The standard InChI is InChI=1S/C16H18BrNO3/c1-9-7-11(17)8-10(2)14(9)18-15(19)12-5-3-4-6-13(12)16(20)21/h3-4,7-8,12-13H,5-6H2,1-2H3,(H,18,19)(H,20,21)/t12-,13+/m1/s1. The highest BCUT2D eigenvalue weighted by Gasteiger charge is 2.34. The molecule has 0 saturated carbocycles. The maximum atomic E-state index is 12.5. The number of hydrogen-bond acceptors (Lipinski definition) is 2. The van der Waals surface area contributed by atoms with Gasteiger partial charge in [-0.1, -0.05) is 28.1 Å². The number of halogens is 1. The number of aryl methyl sites for hydroxylation is 2. The lowest BCUT2D eigenvalue weighted by atomic mass is 9.82. The van der Waals surface area contributed by atoms with Gasteiger partial charge in [-0.05, 0) is 49.9 Å². The van der Waals surface area contributed by atoms with Gasteiger partial charge >= 0.3 is 5.97 Å². The lowest BCUT2D eigenvalue weighted by Crippen LogP contribution is -2.35. The second-order valence-electron chi connectivity index (χ2n) is 5.40. The molecule has 0 radical (unpaired) electrons. The summed E-state index contributed by atoms with van der Waals surface area (Å²) in [7, 11) is 0. The van der Waals surface area contributed by atoms with Crippen molar-refractivity contribution in [1.82, 2.24) is 0 Å². The van der Waals surface area contributed by atoms with Crippen molar-refractivity contribution in [2.24, 2.45) is 11.8 Å². The highest BCUT2D eigenvalue weighted by molar-refractivity contribution is 9.10. The normalized spacial score (nSPS) is 21.1. The number of carboxylic acids is 1. The lowest BCUT2D eigenvalue weighted by molar-refractivity contribution is -0.146. The van der Waals surface area contributed by atoms with E-state index in [2.05, 4.69) is 21.2 Å². The van der Waals surface area contributed by atoms with Crippen LogP contribution in [0.4, 0.5) is 5.69 Å². The maximum absolute atomic E-state index is 12.5. The highest BCUT2D eigenvalue weighted by atomic mass is 79.9. The Balaban J connectivity index is 2.21. The van der Waals surface area contributed by atoms with Crippen molar-refractivity contribution < 1.29 is 14.7 Å². The molecule has 1 amide bonds. The fourth-order valence-electron chi connectivity index (χ4n) is 2.70. The Bertz CT molecular complexity index is 587. The molecule has 2 rings (SSSR count). The molecule has 1 aromatic rings. The fourth-order valence-corrected chi connectivity index (χ4v) is 3.39. The maximum Gasteiger partial charge on any atom is 0.307 e. The summed E-state index contributed by atoms with van der Waals surface area (Å²) in [6.07, 6.45) is 4.59. The van der Waals surface area contributed by atoms with Crippen LogP contribution in [0.25, 0.3) is 0 Å². The molecule has 0 unspecified atom stereocenters. The van der Waals surface area contributed by atoms with Crippen molar-refractivity contribution in [1.29, 1.82) is 0 Å². The number of amides is 1. The van der Waals surface area contributed by atoms with Gasteiger partial charge in [-0.3, -0.25) is 9.59 Å². The Kier molecular flexibility index (Phi) is 4.83. The summed E-state index contributed by atoms with van der Waals surface area (Å²) in [4.78, 5) is 23.7. The minimum absolute atomic E-state index is 0.222. The number of rotatable bonds is 3. The zero-order valence-corrected chi connectivity index (χ0v) is 13.6. The predicted octanol–water partition coefficient (Wildman–Crippen LogP) is 3.67. The quantitative estimate of drug-likeness (QED) is 0.816. The van der Waals surface area contributed by atoms with Gasteiger partial charge in [0.2, 0.25) is 5.91 Å². The number of carboxylic acid groups (broad SMARTS) is 1. The molecule has 2 N–H and O–H groups in total. The molecule has 112 valence electrons. The molecule has 1 aliphatic rings. The van der Waals surface area contributed by atoms with Crippen LogP contribution in [0.15, 0.2) is 28.8 Å². The minimum atomic E-state index is -0.913. The zero-order chi connectivity index (χ0) is 15.6. The second-order valence-corrected chi connectivity index (χ2v) is 6.31. The van der Waals surface area contributed by atoms with Crippen LogP contribution in [0.1, 0.15) is 24.0 Å². The molecule has 4 nitrogen and oxygen atoms in total. The lowest BCUT2D eigenvalue weighted by Gasteiger charge is -2.25. The monoisotopic (exact) mass is 351 g/mol. The van der Waals surface area contributed by atoms with E-state index in [-0.39, 0.29) is 5.91 Å². The van der Waals surface area contributed by atoms with E-state index in [1.165, 1.54) is 0 Å². The minimum Gasteiger partial charge on any atom is -0.481 e. The number of anilines is 1.